The molecule has 0 aliphatic rings. The van der Waals surface area contributed by atoms with E-state index in [1.807, 2.05) is 0 Å². The number of nitrogen functional groups attached to an aromatic ring is 2. The summed E-state index contributed by atoms with van der Waals surface area (Å²) in [6, 6.07) is 11.0. The van der Waals surface area contributed by atoms with Gasteiger partial charge in [0.05, 0.1) is 0 Å². The third-order valence-corrected chi connectivity index (χ3v) is 3.35. The Bertz CT molecular complexity index is 667. The summed E-state index contributed by atoms with van der Waals surface area (Å²) in [6.07, 6.45) is -4.66. The van der Waals surface area contributed by atoms with Crippen molar-refractivity contribution in [3.8, 4) is 0 Å². The largest absolute Gasteiger partial charge is 0.435 e. The van der Waals surface area contributed by atoms with Crippen LogP contribution in [0.1, 0.15) is 16.7 Å². The van der Waals surface area contributed by atoms with Crippen LogP contribution in [0.25, 0.3) is 0 Å². The Hall–Kier alpha value is -2.25. The van der Waals surface area contributed by atoms with Crippen LogP contribution in [0.3, 0.4) is 0 Å². The van der Waals surface area contributed by atoms with E-state index < -0.39 is 17.5 Å². The van der Waals surface area contributed by atoms with Crippen molar-refractivity contribution in [3.63, 3.8) is 0 Å². The molecule has 0 radical (unpaired) electrons. The van der Waals surface area contributed by atoms with Gasteiger partial charge in [0.1, 0.15) is 0 Å². The lowest BCUT2D eigenvalue weighted by molar-refractivity contribution is -0.264. The highest BCUT2D eigenvalue weighted by molar-refractivity contribution is 5.52. The van der Waals surface area contributed by atoms with Gasteiger partial charge in [-0.25, -0.2) is 0 Å². The van der Waals surface area contributed by atoms with E-state index in [0.717, 1.165) is 5.56 Å². The van der Waals surface area contributed by atoms with Gasteiger partial charge < -0.3 is 16.6 Å². The minimum Gasteiger partial charge on any atom is -0.399 e. The predicted molar refractivity (Wildman–Crippen MR) is 78.7 cm³/mol. The molecule has 0 bridgehead atoms. The molecule has 0 fully saturated rings. The maximum atomic E-state index is 12.9. The summed E-state index contributed by atoms with van der Waals surface area (Å²) in [5, 5.41) is 9.59. The van der Waals surface area contributed by atoms with Gasteiger partial charge in [-0.15, -0.1) is 0 Å². The Labute approximate surface area is 125 Å². The number of rotatable bonds is 3. The number of anilines is 2. The van der Waals surface area contributed by atoms with E-state index in [0.29, 0.717) is 17.7 Å². The molecule has 2 aromatic rings. The van der Waals surface area contributed by atoms with Crippen LogP contribution >= 0.6 is 0 Å². The lowest BCUT2D eigenvalue weighted by Gasteiger charge is -2.28. The second-order valence-corrected chi connectivity index (χ2v) is 5.10. The predicted octanol–water partition coefficient (Wildman–Crippen LogP) is 2.11. The van der Waals surface area contributed by atoms with Crippen LogP contribution in [0.15, 0.2) is 42.5 Å². The van der Waals surface area contributed by atoms with Crippen molar-refractivity contribution in [2.45, 2.75) is 18.3 Å². The van der Waals surface area contributed by atoms with Gasteiger partial charge in [0.15, 0.2) is 0 Å². The Morgan fingerprint density at radius 2 is 1.45 bits per heavy atom. The van der Waals surface area contributed by atoms with Gasteiger partial charge in [-0.2, -0.15) is 13.2 Å². The van der Waals surface area contributed by atoms with Crippen LogP contribution in [-0.4, -0.2) is 11.3 Å². The minimum absolute atomic E-state index is 0.219. The molecule has 0 aromatic heterocycles. The molecule has 0 aliphatic carbocycles. The van der Waals surface area contributed by atoms with Gasteiger partial charge in [-0.3, -0.25) is 5.73 Å². The van der Waals surface area contributed by atoms with E-state index in [4.69, 9.17) is 17.2 Å². The van der Waals surface area contributed by atoms with E-state index in [1.165, 1.54) is 12.1 Å². The number of alkyl halides is 3. The quantitative estimate of drug-likeness (QED) is 0.515. The molecule has 2 rings (SSSR count). The Balaban J connectivity index is 2.37. The molecule has 1 unspecified atom stereocenters. The van der Waals surface area contributed by atoms with Gasteiger partial charge in [-0.05, 0) is 41.8 Å². The average Bonchev–Trinajstić information content (AvgIpc) is 2.42. The van der Waals surface area contributed by atoms with E-state index >= 15 is 0 Å². The summed E-state index contributed by atoms with van der Waals surface area (Å²) >= 11 is 0. The molecule has 7 heteroatoms. The van der Waals surface area contributed by atoms with Crippen molar-refractivity contribution in [2.75, 3.05) is 11.5 Å². The zero-order valence-electron chi connectivity index (χ0n) is 11.6. The zero-order valence-corrected chi connectivity index (χ0v) is 11.6. The third-order valence-electron chi connectivity index (χ3n) is 3.35. The fourth-order valence-corrected chi connectivity index (χ4v) is 2.07. The second-order valence-electron chi connectivity index (χ2n) is 5.10. The fraction of sp³-hybridized carbons (Fsp3) is 0.200. The van der Waals surface area contributed by atoms with Crippen LogP contribution in [0, 0.1) is 0 Å². The number of aliphatic hydroxyl groups is 1. The summed E-state index contributed by atoms with van der Waals surface area (Å²) < 4.78 is 38.6. The second kappa shape index (κ2) is 5.51. The van der Waals surface area contributed by atoms with E-state index in [2.05, 4.69) is 0 Å². The molecule has 118 valence electrons. The van der Waals surface area contributed by atoms with Crippen molar-refractivity contribution >= 4 is 11.4 Å². The summed E-state index contributed by atoms with van der Waals surface area (Å²) in [5.74, 6) is 0. The van der Waals surface area contributed by atoms with Crippen molar-refractivity contribution < 1.29 is 18.3 Å². The number of hydrogen-bond donors (Lipinski definition) is 4. The molecule has 0 aliphatic heterocycles. The molecule has 0 amide bonds. The first-order valence-corrected chi connectivity index (χ1v) is 6.42. The highest BCUT2D eigenvalue weighted by Crippen LogP contribution is 2.37. The molecule has 7 N–H and O–H groups in total. The monoisotopic (exact) mass is 311 g/mol. The molecular weight excluding hydrogens is 295 g/mol. The Kier molecular flexibility index (Phi) is 4.04. The number of benzene rings is 2. The molecule has 4 nitrogen and oxygen atoms in total. The van der Waals surface area contributed by atoms with Gasteiger partial charge in [0.25, 0.3) is 0 Å². The first-order chi connectivity index (χ1) is 10.1. The zero-order chi connectivity index (χ0) is 16.5. The molecule has 0 saturated heterocycles. The van der Waals surface area contributed by atoms with Crippen LogP contribution in [0.4, 0.5) is 24.5 Å². The lowest BCUT2D eigenvalue weighted by atomic mass is 9.95. The molecule has 1 atom stereocenters. The highest BCUT2D eigenvalue weighted by atomic mass is 19.4. The molecular formula is C15H16F3N3O. The van der Waals surface area contributed by atoms with Crippen LogP contribution < -0.4 is 17.2 Å². The van der Waals surface area contributed by atoms with Gasteiger partial charge >= 0.3 is 6.18 Å². The summed E-state index contributed by atoms with van der Waals surface area (Å²) in [4.78, 5) is 0. The molecule has 0 spiro atoms. The number of nitrogens with two attached hydrogens (primary N) is 3. The summed E-state index contributed by atoms with van der Waals surface area (Å²) in [5.41, 5.74) is 13.9. The summed E-state index contributed by atoms with van der Waals surface area (Å²) in [6.45, 7) is 0. The maximum Gasteiger partial charge on any atom is 0.435 e. The lowest BCUT2D eigenvalue weighted by Crippen LogP contribution is -2.50. The van der Waals surface area contributed by atoms with Gasteiger partial charge in [-0.1, -0.05) is 18.2 Å². The Morgan fingerprint density at radius 1 is 0.909 bits per heavy atom. The standard InChI is InChI=1S/C15H16F3N3O/c16-15(17,18)14(21,22)12-8-10(3-6-13(12)20)7-9-1-4-11(19)5-2-9/h1-6,8,22H,7,19-21H2. The van der Waals surface area contributed by atoms with Crippen LogP contribution in [0.2, 0.25) is 0 Å². The molecule has 0 heterocycles. The average molecular weight is 311 g/mol. The maximum absolute atomic E-state index is 12.9. The molecule has 22 heavy (non-hydrogen) atoms. The minimum atomic E-state index is -5.03. The van der Waals surface area contributed by atoms with Crippen molar-refractivity contribution in [2.24, 2.45) is 5.73 Å². The first-order valence-electron chi connectivity index (χ1n) is 6.42. The van der Waals surface area contributed by atoms with E-state index in [1.54, 1.807) is 30.3 Å². The van der Waals surface area contributed by atoms with Crippen molar-refractivity contribution in [1.82, 2.24) is 0 Å². The summed E-state index contributed by atoms with van der Waals surface area (Å²) in [7, 11) is 0. The fourth-order valence-electron chi connectivity index (χ4n) is 2.07. The number of hydrogen-bond acceptors (Lipinski definition) is 4. The van der Waals surface area contributed by atoms with Crippen molar-refractivity contribution in [3.05, 3.63) is 59.2 Å². The number of halogens is 3. The topological polar surface area (TPSA) is 98.3 Å². The van der Waals surface area contributed by atoms with Crippen LogP contribution in [0.5, 0.6) is 0 Å². The van der Waals surface area contributed by atoms with Gasteiger partial charge in [0, 0.05) is 16.9 Å². The molecule has 2 aromatic carbocycles. The van der Waals surface area contributed by atoms with Crippen LogP contribution in [-0.2, 0) is 12.1 Å². The van der Waals surface area contributed by atoms with Crippen molar-refractivity contribution in [1.29, 1.82) is 0 Å². The Morgan fingerprint density at radius 3 is 2.00 bits per heavy atom. The highest BCUT2D eigenvalue weighted by Gasteiger charge is 2.53. The smallest absolute Gasteiger partial charge is 0.399 e. The van der Waals surface area contributed by atoms with Gasteiger partial charge in [0.2, 0.25) is 5.72 Å². The van der Waals surface area contributed by atoms with E-state index in [9.17, 15) is 18.3 Å². The SMILES string of the molecule is Nc1ccc(Cc2ccc(N)c(C(N)(O)C(F)(F)F)c2)cc1. The van der Waals surface area contributed by atoms with E-state index in [-0.39, 0.29) is 5.69 Å². The first kappa shape index (κ1) is 16.1. The molecule has 0 saturated carbocycles. The third kappa shape index (κ3) is 3.15. The normalized spacial score (nSPS) is 14.6.